The molecule has 0 spiro atoms. The lowest BCUT2D eigenvalue weighted by atomic mass is 9.93. The molecule has 0 bridgehead atoms. The van der Waals surface area contributed by atoms with E-state index in [1.165, 1.54) is 0 Å². The van der Waals surface area contributed by atoms with Crippen LogP contribution in [0.4, 0.5) is 0 Å². The second kappa shape index (κ2) is 7.39. The Morgan fingerprint density at radius 1 is 1.32 bits per heavy atom. The molecule has 1 aromatic rings. The molecule has 0 aromatic carbocycles. The number of methoxy groups -OCH3 is 1. The van der Waals surface area contributed by atoms with Crippen LogP contribution in [0.3, 0.4) is 0 Å². The Kier molecular flexibility index (Phi) is 5.00. The van der Waals surface area contributed by atoms with Gasteiger partial charge < -0.3 is 19.3 Å². The van der Waals surface area contributed by atoms with Crippen LogP contribution in [-0.2, 0) is 20.9 Å². The summed E-state index contributed by atoms with van der Waals surface area (Å²) in [6.45, 7) is 5.72. The molecule has 2 unspecified atom stereocenters. The summed E-state index contributed by atoms with van der Waals surface area (Å²) in [5.41, 5.74) is 1.00. The Labute approximate surface area is 148 Å². The fraction of sp³-hybridized carbons (Fsp3) is 0.824. The van der Waals surface area contributed by atoms with Crippen molar-refractivity contribution < 1.29 is 14.3 Å². The van der Waals surface area contributed by atoms with Crippen molar-refractivity contribution in [3.63, 3.8) is 0 Å². The molecule has 3 aliphatic rings. The van der Waals surface area contributed by atoms with Crippen LogP contribution < -0.4 is 0 Å². The average Bonchev–Trinajstić information content (AvgIpc) is 3.15. The van der Waals surface area contributed by atoms with Crippen LogP contribution in [0.1, 0.15) is 31.0 Å². The van der Waals surface area contributed by atoms with Gasteiger partial charge in [-0.1, -0.05) is 5.21 Å². The van der Waals surface area contributed by atoms with Gasteiger partial charge in [0.05, 0.1) is 37.3 Å². The lowest BCUT2D eigenvalue weighted by Gasteiger charge is -2.42. The van der Waals surface area contributed by atoms with E-state index in [-0.39, 0.29) is 18.1 Å². The van der Waals surface area contributed by atoms with E-state index in [2.05, 4.69) is 15.2 Å². The Morgan fingerprint density at radius 3 is 2.96 bits per heavy atom. The zero-order valence-corrected chi connectivity index (χ0v) is 14.8. The molecule has 4 heterocycles. The minimum absolute atomic E-state index is 0.103. The fourth-order valence-corrected chi connectivity index (χ4v) is 4.26. The molecule has 8 heteroatoms. The van der Waals surface area contributed by atoms with Crippen molar-refractivity contribution in [1.82, 2.24) is 24.8 Å². The van der Waals surface area contributed by atoms with E-state index in [9.17, 15) is 4.79 Å². The van der Waals surface area contributed by atoms with Crippen LogP contribution >= 0.6 is 0 Å². The summed E-state index contributed by atoms with van der Waals surface area (Å²) in [5.74, 6) is 0.451. The van der Waals surface area contributed by atoms with Crippen molar-refractivity contribution in [1.29, 1.82) is 0 Å². The summed E-state index contributed by atoms with van der Waals surface area (Å²) in [4.78, 5) is 17.4. The lowest BCUT2D eigenvalue weighted by molar-refractivity contribution is -0.143. The molecule has 1 aromatic heterocycles. The van der Waals surface area contributed by atoms with Crippen LogP contribution in [0.5, 0.6) is 0 Å². The number of aromatic nitrogens is 3. The molecular formula is C17H27N5O3. The Hall–Kier alpha value is -1.51. The van der Waals surface area contributed by atoms with Gasteiger partial charge >= 0.3 is 0 Å². The van der Waals surface area contributed by atoms with Crippen molar-refractivity contribution in [3.8, 4) is 0 Å². The Bertz CT molecular complexity index is 599. The van der Waals surface area contributed by atoms with Gasteiger partial charge in [-0.15, -0.1) is 5.10 Å². The molecule has 1 amide bonds. The van der Waals surface area contributed by atoms with Crippen LogP contribution in [0.25, 0.3) is 0 Å². The van der Waals surface area contributed by atoms with Gasteiger partial charge in [-0.25, -0.2) is 4.68 Å². The van der Waals surface area contributed by atoms with E-state index in [1.807, 2.05) is 9.58 Å². The fourth-order valence-electron chi connectivity index (χ4n) is 4.26. The van der Waals surface area contributed by atoms with Crippen molar-refractivity contribution in [2.45, 2.75) is 38.0 Å². The quantitative estimate of drug-likeness (QED) is 0.779. The second-order valence-corrected chi connectivity index (χ2v) is 7.27. The van der Waals surface area contributed by atoms with E-state index in [0.717, 1.165) is 57.7 Å². The monoisotopic (exact) mass is 349 g/mol. The highest BCUT2D eigenvalue weighted by Crippen LogP contribution is 2.31. The number of carbonyl (C=O) groups excluding carboxylic acids is 1. The predicted octanol–water partition coefficient (Wildman–Crippen LogP) is 0.309. The van der Waals surface area contributed by atoms with E-state index in [0.29, 0.717) is 19.1 Å². The number of ether oxygens (including phenoxy) is 2. The van der Waals surface area contributed by atoms with E-state index >= 15 is 0 Å². The average molecular weight is 349 g/mol. The molecule has 3 aliphatic heterocycles. The molecule has 0 radical (unpaired) electrons. The van der Waals surface area contributed by atoms with Crippen molar-refractivity contribution in [2.24, 2.45) is 5.92 Å². The van der Waals surface area contributed by atoms with Gasteiger partial charge in [0.25, 0.3) is 0 Å². The number of fused-ring (bicyclic) bond motifs is 3. The first kappa shape index (κ1) is 16.9. The first-order chi connectivity index (χ1) is 12.3. The number of likely N-dealkylation sites (tertiary alicyclic amines) is 2. The molecule has 0 N–H and O–H groups in total. The highest BCUT2D eigenvalue weighted by atomic mass is 16.5. The number of carbonyl (C=O) groups is 1. The molecule has 2 atom stereocenters. The van der Waals surface area contributed by atoms with Crippen molar-refractivity contribution >= 4 is 5.91 Å². The lowest BCUT2D eigenvalue weighted by Crippen LogP contribution is -2.52. The van der Waals surface area contributed by atoms with E-state index < -0.39 is 0 Å². The maximum absolute atomic E-state index is 13.0. The number of piperidine rings is 2. The third kappa shape index (κ3) is 3.43. The third-order valence-corrected chi connectivity index (χ3v) is 5.79. The number of nitrogens with zero attached hydrogens (tertiary/aromatic N) is 5. The van der Waals surface area contributed by atoms with Crippen molar-refractivity contribution in [2.75, 3.05) is 46.4 Å². The number of hydrogen-bond acceptors (Lipinski definition) is 6. The predicted molar refractivity (Wildman–Crippen MR) is 89.9 cm³/mol. The van der Waals surface area contributed by atoms with Crippen LogP contribution in [0, 0.1) is 5.92 Å². The largest absolute Gasteiger partial charge is 0.383 e. The van der Waals surface area contributed by atoms with Gasteiger partial charge in [0, 0.05) is 32.7 Å². The van der Waals surface area contributed by atoms with Crippen molar-refractivity contribution in [3.05, 3.63) is 11.9 Å². The highest BCUT2D eigenvalue weighted by molar-refractivity contribution is 5.79. The first-order valence-electron chi connectivity index (χ1n) is 9.27. The van der Waals surface area contributed by atoms with Gasteiger partial charge in [-0.05, 0) is 32.4 Å². The standard InChI is InChI=1S/C17H27N5O3/c1-24-9-8-20-5-2-13(3-6-20)17(23)21-7-4-16-15(11-21)22-14(12-25-16)10-18-19-22/h10,13,15-16H,2-9,11-12H2,1H3. The smallest absolute Gasteiger partial charge is 0.225 e. The zero-order valence-electron chi connectivity index (χ0n) is 14.8. The maximum Gasteiger partial charge on any atom is 0.225 e. The normalized spacial score (nSPS) is 27.8. The Morgan fingerprint density at radius 2 is 2.16 bits per heavy atom. The molecule has 0 saturated carbocycles. The number of hydrogen-bond donors (Lipinski definition) is 0. The van der Waals surface area contributed by atoms with Crippen LogP contribution in [0.2, 0.25) is 0 Å². The molecule has 25 heavy (non-hydrogen) atoms. The van der Waals surface area contributed by atoms with Crippen LogP contribution in [-0.4, -0.2) is 83.2 Å². The molecular weight excluding hydrogens is 322 g/mol. The summed E-state index contributed by atoms with van der Waals surface area (Å²) < 4.78 is 13.0. The maximum atomic E-state index is 13.0. The van der Waals surface area contributed by atoms with Gasteiger partial charge in [-0.3, -0.25) is 4.79 Å². The number of rotatable bonds is 4. The minimum Gasteiger partial charge on any atom is -0.383 e. The second-order valence-electron chi connectivity index (χ2n) is 7.27. The summed E-state index contributed by atoms with van der Waals surface area (Å²) in [6, 6.07) is 0.103. The summed E-state index contributed by atoms with van der Waals surface area (Å²) in [5, 5.41) is 8.22. The zero-order chi connectivity index (χ0) is 17.2. The Balaban J connectivity index is 1.35. The summed E-state index contributed by atoms with van der Waals surface area (Å²) in [7, 11) is 1.73. The van der Waals surface area contributed by atoms with Gasteiger partial charge in [0.1, 0.15) is 0 Å². The summed E-state index contributed by atoms with van der Waals surface area (Å²) in [6.07, 6.45) is 4.67. The highest BCUT2D eigenvalue weighted by Gasteiger charge is 2.39. The van der Waals surface area contributed by atoms with E-state index in [1.54, 1.807) is 13.3 Å². The van der Waals surface area contributed by atoms with Gasteiger partial charge in [-0.2, -0.15) is 0 Å². The number of amides is 1. The first-order valence-corrected chi connectivity index (χ1v) is 9.27. The molecule has 0 aliphatic carbocycles. The SMILES string of the molecule is COCCN1CCC(C(=O)N2CCC3OCc4cnnn4C3C2)CC1. The molecule has 138 valence electrons. The van der Waals surface area contributed by atoms with Gasteiger partial charge in [0.2, 0.25) is 5.91 Å². The van der Waals surface area contributed by atoms with Gasteiger partial charge in [0.15, 0.2) is 0 Å². The molecule has 8 nitrogen and oxygen atoms in total. The topological polar surface area (TPSA) is 72.7 Å². The molecule has 2 fully saturated rings. The third-order valence-electron chi connectivity index (χ3n) is 5.79. The molecule has 4 rings (SSSR count). The van der Waals surface area contributed by atoms with E-state index in [4.69, 9.17) is 9.47 Å². The minimum atomic E-state index is 0.103. The molecule has 2 saturated heterocycles. The van der Waals surface area contributed by atoms with Crippen LogP contribution in [0.15, 0.2) is 6.20 Å². The summed E-state index contributed by atoms with van der Waals surface area (Å²) >= 11 is 0.